The predicted octanol–water partition coefficient (Wildman–Crippen LogP) is 1.32. The molecule has 1 aromatic heterocycles. The lowest BCUT2D eigenvalue weighted by atomic mass is 10.1. The Hall–Kier alpha value is -2.96. The molecule has 0 aliphatic heterocycles. The normalized spacial score (nSPS) is 10.7. The van der Waals surface area contributed by atoms with Gasteiger partial charge in [-0.3, -0.25) is 4.79 Å². The maximum absolute atomic E-state index is 11.8. The summed E-state index contributed by atoms with van der Waals surface area (Å²) in [6.45, 7) is 1.92. The molecule has 1 amide bonds. The van der Waals surface area contributed by atoms with Crippen LogP contribution in [0.4, 0.5) is 5.69 Å². The molecule has 21 heavy (non-hydrogen) atoms. The van der Waals surface area contributed by atoms with Gasteiger partial charge in [0.2, 0.25) is 5.91 Å². The molecule has 0 aliphatic rings. The van der Waals surface area contributed by atoms with Crippen molar-refractivity contribution in [2.24, 2.45) is 0 Å². The van der Waals surface area contributed by atoms with Gasteiger partial charge in [-0.1, -0.05) is 6.07 Å². The minimum atomic E-state index is -1.00. The lowest BCUT2D eigenvalue weighted by molar-refractivity contribution is -0.131. The van der Waals surface area contributed by atoms with Crippen molar-refractivity contribution >= 4 is 23.6 Å². The van der Waals surface area contributed by atoms with Gasteiger partial charge in [-0.05, 0) is 36.3 Å². The van der Waals surface area contributed by atoms with Gasteiger partial charge in [0.05, 0.1) is 0 Å². The Morgan fingerprint density at radius 1 is 1.43 bits per heavy atom. The summed E-state index contributed by atoms with van der Waals surface area (Å²) in [4.78, 5) is 26.1. The second-order valence-electron chi connectivity index (χ2n) is 4.39. The molecular formula is C14H14N4O3. The molecule has 1 aromatic carbocycles. The van der Waals surface area contributed by atoms with Gasteiger partial charge < -0.3 is 10.4 Å². The first-order valence-electron chi connectivity index (χ1n) is 6.18. The van der Waals surface area contributed by atoms with Crippen LogP contribution in [-0.2, 0) is 16.1 Å². The number of carboxylic acid groups (broad SMARTS) is 1. The van der Waals surface area contributed by atoms with Crippen LogP contribution in [0.5, 0.6) is 0 Å². The zero-order valence-electron chi connectivity index (χ0n) is 11.4. The summed E-state index contributed by atoms with van der Waals surface area (Å²) < 4.78 is 1.43. The van der Waals surface area contributed by atoms with Crippen molar-refractivity contribution in [3.05, 3.63) is 48.1 Å². The number of hydrogen-bond donors (Lipinski definition) is 2. The first-order chi connectivity index (χ1) is 10.0. The average Bonchev–Trinajstić information content (AvgIpc) is 2.92. The predicted molar refractivity (Wildman–Crippen MR) is 76.5 cm³/mol. The van der Waals surface area contributed by atoms with Gasteiger partial charge >= 0.3 is 5.97 Å². The third kappa shape index (κ3) is 4.27. The molecule has 2 aromatic rings. The summed E-state index contributed by atoms with van der Waals surface area (Å²) in [7, 11) is 0. The molecule has 0 aliphatic carbocycles. The van der Waals surface area contributed by atoms with Gasteiger partial charge in [0, 0.05) is 11.8 Å². The molecule has 7 heteroatoms. The van der Waals surface area contributed by atoms with Gasteiger partial charge in [-0.2, -0.15) is 5.10 Å². The molecule has 0 saturated carbocycles. The van der Waals surface area contributed by atoms with E-state index in [1.165, 1.54) is 23.4 Å². The van der Waals surface area contributed by atoms with E-state index in [9.17, 15) is 9.59 Å². The van der Waals surface area contributed by atoms with Crippen molar-refractivity contribution in [1.82, 2.24) is 14.8 Å². The highest BCUT2D eigenvalue weighted by Gasteiger charge is 2.06. The van der Waals surface area contributed by atoms with Gasteiger partial charge in [0.15, 0.2) is 0 Å². The van der Waals surface area contributed by atoms with Crippen molar-refractivity contribution < 1.29 is 14.7 Å². The first-order valence-corrected chi connectivity index (χ1v) is 6.18. The Balaban J connectivity index is 2.03. The number of benzene rings is 1. The number of aliphatic carboxylic acids is 1. The molecule has 2 N–H and O–H groups in total. The number of carbonyl (C=O) groups is 2. The fraction of sp³-hybridized carbons (Fsp3) is 0.143. The number of anilines is 1. The molecule has 108 valence electrons. The monoisotopic (exact) mass is 286 g/mol. The average molecular weight is 286 g/mol. The minimum Gasteiger partial charge on any atom is -0.478 e. The van der Waals surface area contributed by atoms with Gasteiger partial charge in [-0.15, -0.1) is 0 Å². The first kappa shape index (κ1) is 14.4. The smallest absolute Gasteiger partial charge is 0.328 e. The van der Waals surface area contributed by atoms with E-state index in [0.717, 1.165) is 17.2 Å². The van der Waals surface area contributed by atoms with E-state index >= 15 is 0 Å². The Kier molecular flexibility index (Phi) is 4.45. The van der Waals surface area contributed by atoms with Gasteiger partial charge in [-0.25, -0.2) is 14.5 Å². The number of carboxylic acids is 1. The van der Waals surface area contributed by atoms with E-state index in [4.69, 9.17) is 5.11 Å². The van der Waals surface area contributed by atoms with E-state index in [1.54, 1.807) is 18.2 Å². The number of nitrogens with one attached hydrogen (secondary N) is 1. The van der Waals surface area contributed by atoms with Crippen LogP contribution in [0.3, 0.4) is 0 Å². The molecule has 2 rings (SSSR count). The summed E-state index contributed by atoms with van der Waals surface area (Å²) in [6.07, 6.45) is 5.39. The van der Waals surface area contributed by atoms with Crippen molar-refractivity contribution in [1.29, 1.82) is 0 Å². The number of rotatable bonds is 5. The number of aryl methyl sites for hydroxylation is 1. The van der Waals surface area contributed by atoms with Gasteiger partial charge in [0.25, 0.3) is 0 Å². The van der Waals surface area contributed by atoms with E-state index in [-0.39, 0.29) is 12.5 Å². The summed E-state index contributed by atoms with van der Waals surface area (Å²) in [5.74, 6) is -1.21. The van der Waals surface area contributed by atoms with E-state index in [2.05, 4.69) is 15.4 Å². The third-order valence-electron chi connectivity index (χ3n) is 2.72. The van der Waals surface area contributed by atoms with Crippen LogP contribution >= 0.6 is 0 Å². The van der Waals surface area contributed by atoms with Crippen LogP contribution < -0.4 is 5.32 Å². The largest absolute Gasteiger partial charge is 0.478 e. The number of carbonyl (C=O) groups excluding carboxylic acids is 1. The van der Waals surface area contributed by atoms with E-state index in [1.807, 2.05) is 6.92 Å². The number of amides is 1. The van der Waals surface area contributed by atoms with Crippen LogP contribution in [0, 0.1) is 6.92 Å². The van der Waals surface area contributed by atoms with E-state index in [0.29, 0.717) is 5.69 Å². The molecule has 0 fully saturated rings. The molecule has 0 bridgehead atoms. The Bertz CT molecular complexity index is 678. The maximum atomic E-state index is 11.8. The third-order valence-corrected chi connectivity index (χ3v) is 2.72. The summed E-state index contributed by atoms with van der Waals surface area (Å²) >= 11 is 0. The molecule has 1 heterocycles. The maximum Gasteiger partial charge on any atom is 0.328 e. The summed E-state index contributed by atoms with van der Waals surface area (Å²) in [5.41, 5.74) is 2.27. The zero-order chi connectivity index (χ0) is 15.2. The standard InChI is InChI=1S/C14H14N4O3/c1-10-6-11(3-5-14(20)21)2-4-12(10)17-13(19)7-18-9-15-8-16-18/h2-6,8-9H,7H2,1H3,(H,17,19)(H,20,21). The highest BCUT2D eigenvalue weighted by molar-refractivity contribution is 5.91. The summed E-state index contributed by atoms with van der Waals surface area (Å²) in [5, 5.41) is 15.2. The fourth-order valence-corrected chi connectivity index (χ4v) is 1.75. The van der Waals surface area contributed by atoms with Crippen LogP contribution in [0.2, 0.25) is 0 Å². The molecular weight excluding hydrogens is 272 g/mol. The van der Waals surface area contributed by atoms with E-state index < -0.39 is 5.97 Å². The molecule has 0 atom stereocenters. The van der Waals surface area contributed by atoms with Crippen LogP contribution in [-0.4, -0.2) is 31.7 Å². The van der Waals surface area contributed by atoms with Crippen molar-refractivity contribution in [2.45, 2.75) is 13.5 Å². The summed E-state index contributed by atoms with van der Waals surface area (Å²) in [6, 6.07) is 5.26. The van der Waals surface area contributed by atoms with Crippen molar-refractivity contribution in [3.8, 4) is 0 Å². The van der Waals surface area contributed by atoms with Crippen molar-refractivity contribution in [2.75, 3.05) is 5.32 Å². The van der Waals surface area contributed by atoms with Crippen LogP contribution in [0.25, 0.3) is 6.08 Å². The molecule has 0 spiro atoms. The molecule has 7 nitrogen and oxygen atoms in total. The topological polar surface area (TPSA) is 97.1 Å². The zero-order valence-corrected chi connectivity index (χ0v) is 11.4. The quantitative estimate of drug-likeness (QED) is 0.808. The second kappa shape index (κ2) is 6.47. The van der Waals surface area contributed by atoms with Crippen LogP contribution in [0.15, 0.2) is 36.9 Å². The Morgan fingerprint density at radius 2 is 2.24 bits per heavy atom. The van der Waals surface area contributed by atoms with Crippen LogP contribution in [0.1, 0.15) is 11.1 Å². The number of aromatic nitrogens is 3. The number of nitrogens with zero attached hydrogens (tertiary/aromatic N) is 3. The minimum absolute atomic E-state index is 0.0834. The SMILES string of the molecule is Cc1cc(C=CC(=O)O)ccc1NC(=O)Cn1cncn1. The molecule has 0 unspecified atom stereocenters. The van der Waals surface area contributed by atoms with Crippen molar-refractivity contribution in [3.63, 3.8) is 0 Å². The molecule has 0 saturated heterocycles. The second-order valence-corrected chi connectivity index (χ2v) is 4.39. The lowest BCUT2D eigenvalue weighted by Gasteiger charge is -2.09. The van der Waals surface area contributed by atoms with Gasteiger partial charge in [0.1, 0.15) is 19.2 Å². The number of hydrogen-bond acceptors (Lipinski definition) is 4. The fourth-order valence-electron chi connectivity index (χ4n) is 1.75. The highest BCUT2D eigenvalue weighted by Crippen LogP contribution is 2.17. The Morgan fingerprint density at radius 3 is 2.86 bits per heavy atom. The lowest BCUT2D eigenvalue weighted by Crippen LogP contribution is -2.19. The highest BCUT2D eigenvalue weighted by atomic mass is 16.4. The molecule has 0 radical (unpaired) electrons. The Labute approximate surface area is 120 Å².